The Hall–Kier alpha value is -0.640. The van der Waals surface area contributed by atoms with Crippen molar-refractivity contribution < 1.29 is 0 Å². The van der Waals surface area contributed by atoms with Gasteiger partial charge < -0.3 is 0 Å². The van der Waals surface area contributed by atoms with E-state index < -0.39 is 0 Å². The van der Waals surface area contributed by atoms with E-state index in [1.165, 1.54) is 4.68 Å². The van der Waals surface area contributed by atoms with Crippen molar-refractivity contribution in [1.29, 1.82) is 0 Å². The maximum absolute atomic E-state index is 5.35. The summed E-state index contributed by atoms with van der Waals surface area (Å²) in [5, 5.41) is 10.4. The van der Waals surface area contributed by atoms with Crippen molar-refractivity contribution in [1.82, 2.24) is 20.2 Å². The summed E-state index contributed by atoms with van der Waals surface area (Å²) in [7, 11) is 1.67. The molecule has 0 aliphatic rings. The molecule has 38 valence electrons. The minimum Gasteiger partial charge on any atom is -0.219 e. The van der Waals surface area contributed by atoms with E-state index in [0.717, 1.165) is 0 Å². The van der Waals surface area contributed by atoms with E-state index in [2.05, 4.69) is 15.5 Å². The largest absolute Gasteiger partial charge is 0.242 e. The summed E-state index contributed by atoms with van der Waals surface area (Å²) >= 11 is 5.35. The minimum absolute atomic E-state index is 0.306. The van der Waals surface area contributed by atoms with E-state index in [4.69, 9.17) is 11.6 Å². The lowest BCUT2D eigenvalue weighted by atomic mass is 11.2. The summed E-state index contributed by atoms with van der Waals surface area (Å²) < 4.78 is 1.38. The zero-order valence-electron chi connectivity index (χ0n) is 3.67. The number of nitrogens with zero attached hydrogens (tertiary/aromatic N) is 4. The highest BCUT2D eigenvalue weighted by Gasteiger charge is 1.90. The Bertz CT molecular complexity index is 142. The number of aromatic nitrogens is 4. The van der Waals surface area contributed by atoms with Crippen LogP contribution in [0.1, 0.15) is 0 Å². The van der Waals surface area contributed by atoms with Crippen LogP contribution in [0.15, 0.2) is 0 Å². The van der Waals surface area contributed by atoms with Gasteiger partial charge in [0, 0.05) is 7.05 Å². The van der Waals surface area contributed by atoms with Crippen LogP contribution < -0.4 is 0 Å². The molecule has 0 radical (unpaired) electrons. The van der Waals surface area contributed by atoms with E-state index in [1.54, 1.807) is 7.05 Å². The smallest absolute Gasteiger partial charge is 0.219 e. The van der Waals surface area contributed by atoms with Crippen molar-refractivity contribution in [3.63, 3.8) is 0 Å². The summed E-state index contributed by atoms with van der Waals surface area (Å²) in [5.74, 6) is 0. The number of aryl methyl sites for hydroxylation is 1. The predicted octanol–water partition coefficient (Wildman–Crippen LogP) is -0.137. The van der Waals surface area contributed by atoms with Crippen LogP contribution in [0.25, 0.3) is 0 Å². The molecule has 0 bridgehead atoms. The molecule has 5 heteroatoms. The minimum atomic E-state index is 0.306. The van der Waals surface area contributed by atoms with Gasteiger partial charge in [0.05, 0.1) is 0 Å². The van der Waals surface area contributed by atoms with Gasteiger partial charge in [0.1, 0.15) is 0 Å². The van der Waals surface area contributed by atoms with Gasteiger partial charge in [-0.25, -0.2) is 4.68 Å². The first-order chi connectivity index (χ1) is 3.30. The average molecular weight is 119 g/mol. The number of halogens is 1. The summed E-state index contributed by atoms with van der Waals surface area (Å²) in [6.07, 6.45) is 0. The summed E-state index contributed by atoms with van der Waals surface area (Å²) in [6.45, 7) is 0. The molecule has 0 amide bonds. The van der Waals surface area contributed by atoms with Crippen molar-refractivity contribution in [2.24, 2.45) is 7.05 Å². The van der Waals surface area contributed by atoms with Crippen LogP contribution in [0, 0.1) is 0 Å². The van der Waals surface area contributed by atoms with E-state index in [1.807, 2.05) is 0 Å². The Morgan fingerprint density at radius 2 is 2.43 bits per heavy atom. The fraction of sp³-hybridized carbons (Fsp3) is 0.500. The molecule has 0 spiro atoms. The highest BCUT2D eigenvalue weighted by atomic mass is 35.5. The van der Waals surface area contributed by atoms with Crippen molar-refractivity contribution in [3.05, 3.63) is 5.28 Å². The molecule has 0 atom stereocenters. The molecule has 1 heterocycles. The Morgan fingerprint density at radius 3 is 2.57 bits per heavy atom. The van der Waals surface area contributed by atoms with Crippen LogP contribution in [-0.2, 0) is 7.05 Å². The van der Waals surface area contributed by atoms with Crippen molar-refractivity contribution in [3.8, 4) is 0 Å². The zero-order chi connectivity index (χ0) is 5.28. The second-order valence-corrected chi connectivity index (χ2v) is 1.41. The van der Waals surface area contributed by atoms with Crippen LogP contribution in [0.3, 0.4) is 0 Å². The van der Waals surface area contributed by atoms with Gasteiger partial charge in [-0.05, 0) is 22.0 Å². The molecule has 0 N–H and O–H groups in total. The molecule has 4 nitrogen and oxygen atoms in total. The lowest BCUT2D eigenvalue weighted by molar-refractivity contribution is 0.711. The molecule has 1 rings (SSSR count). The van der Waals surface area contributed by atoms with Crippen LogP contribution >= 0.6 is 11.6 Å². The molecule has 0 saturated heterocycles. The summed E-state index contributed by atoms with van der Waals surface area (Å²) in [5.41, 5.74) is 0. The highest BCUT2D eigenvalue weighted by molar-refractivity contribution is 6.28. The number of hydrogen-bond donors (Lipinski definition) is 0. The maximum atomic E-state index is 5.35. The first kappa shape index (κ1) is 4.52. The van der Waals surface area contributed by atoms with Crippen molar-refractivity contribution in [2.75, 3.05) is 0 Å². The Balaban J connectivity index is 3.12. The molecule has 7 heavy (non-hydrogen) atoms. The third-order valence-electron chi connectivity index (χ3n) is 0.568. The fourth-order valence-corrected chi connectivity index (χ4v) is 0.286. The molecule has 0 aromatic carbocycles. The molecule has 0 aliphatic carbocycles. The fourth-order valence-electron chi connectivity index (χ4n) is 0.219. The molecule has 0 saturated carbocycles. The molecule has 0 unspecified atom stereocenters. The Labute approximate surface area is 45.1 Å². The van der Waals surface area contributed by atoms with Crippen LogP contribution in [0.4, 0.5) is 0 Å². The molecule has 0 aliphatic heterocycles. The molecule has 0 fully saturated rings. The third kappa shape index (κ3) is 0.691. The average Bonchev–Trinajstić information content (AvgIpc) is 1.91. The van der Waals surface area contributed by atoms with Gasteiger partial charge in [0.2, 0.25) is 5.28 Å². The molecular formula is C2H3ClN4. The van der Waals surface area contributed by atoms with E-state index >= 15 is 0 Å². The summed E-state index contributed by atoms with van der Waals surface area (Å²) in [6, 6.07) is 0. The van der Waals surface area contributed by atoms with Crippen LogP contribution in [0.2, 0.25) is 5.28 Å². The zero-order valence-corrected chi connectivity index (χ0v) is 4.42. The van der Waals surface area contributed by atoms with Crippen LogP contribution in [-0.4, -0.2) is 20.2 Å². The second kappa shape index (κ2) is 1.46. The number of hydrogen-bond acceptors (Lipinski definition) is 3. The lowest BCUT2D eigenvalue weighted by Gasteiger charge is -1.79. The maximum Gasteiger partial charge on any atom is 0.242 e. The Kier molecular flexibility index (Phi) is 0.941. The molecular weight excluding hydrogens is 116 g/mol. The molecule has 1 aromatic heterocycles. The van der Waals surface area contributed by atoms with Gasteiger partial charge in [-0.15, -0.1) is 0 Å². The second-order valence-electron chi connectivity index (χ2n) is 1.07. The standard InChI is InChI=1S/C2H3ClN4/c1-7-2(3)4-5-6-7/h1H3. The van der Waals surface area contributed by atoms with E-state index in [0.29, 0.717) is 5.28 Å². The third-order valence-corrected chi connectivity index (χ3v) is 0.889. The van der Waals surface area contributed by atoms with Gasteiger partial charge in [0.25, 0.3) is 0 Å². The lowest BCUT2D eigenvalue weighted by Crippen LogP contribution is -1.88. The van der Waals surface area contributed by atoms with Gasteiger partial charge >= 0.3 is 0 Å². The van der Waals surface area contributed by atoms with E-state index in [-0.39, 0.29) is 0 Å². The number of tetrazole rings is 1. The van der Waals surface area contributed by atoms with E-state index in [9.17, 15) is 0 Å². The first-order valence-electron chi connectivity index (χ1n) is 1.68. The quantitative estimate of drug-likeness (QED) is 0.477. The van der Waals surface area contributed by atoms with Gasteiger partial charge in [-0.3, -0.25) is 0 Å². The summed E-state index contributed by atoms with van der Waals surface area (Å²) in [4.78, 5) is 0. The van der Waals surface area contributed by atoms with Gasteiger partial charge in [-0.2, -0.15) is 0 Å². The van der Waals surface area contributed by atoms with Gasteiger partial charge in [-0.1, -0.05) is 5.10 Å². The van der Waals surface area contributed by atoms with Crippen LogP contribution in [0.5, 0.6) is 0 Å². The first-order valence-corrected chi connectivity index (χ1v) is 2.06. The SMILES string of the molecule is Cn1nnnc1Cl. The van der Waals surface area contributed by atoms with Crippen molar-refractivity contribution in [2.45, 2.75) is 0 Å². The number of rotatable bonds is 0. The topological polar surface area (TPSA) is 43.6 Å². The normalized spacial score (nSPS) is 9.43. The monoisotopic (exact) mass is 118 g/mol. The highest BCUT2D eigenvalue weighted by Crippen LogP contribution is 1.93. The van der Waals surface area contributed by atoms with Gasteiger partial charge in [0.15, 0.2) is 0 Å². The predicted molar refractivity (Wildman–Crippen MR) is 23.8 cm³/mol. The molecule has 1 aromatic rings. The Morgan fingerprint density at radius 1 is 1.71 bits per heavy atom. The van der Waals surface area contributed by atoms with Crippen molar-refractivity contribution >= 4 is 11.6 Å².